The highest BCUT2D eigenvalue weighted by Gasteiger charge is 2.32. The Morgan fingerprint density at radius 3 is 2.50 bits per heavy atom. The number of rotatable bonds is 7. The van der Waals surface area contributed by atoms with Crippen molar-refractivity contribution in [2.24, 2.45) is 5.92 Å². The predicted molar refractivity (Wildman–Crippen MR) is 130 cm³/mol. The van der Waals surface area contributed by atoms with Crippen LogP contribution < -0.4 is 10.6 Å². The van der Waals surface area contributed by atoms with E-state index in [0.29, 0.717) is 11.4 Å². The van der Waals surface area contributed by atoms with E-state index in [9.17, 15) is 9.59 Å². The maximum atomic E-state index is 13.4. The number of carbonyl (C=O) groups is 2. The van der Waals surface area contributed by atoms with Crippen LogP contribution in [-0.4, -0.2) is 42.8 Å². The molecule has 3 N–H and O–H groups in total. The lowest BCUT2D eigenvalue weighted by atomic mass is 9.83. The SMILES string of the molecule is Cc1n[nH]c(C)c1-c1ccc(NC(=O)[C@@H](NC(=O)c2ccnn2C(C)C)C2CCCCC2)cn1. The van der Waals surface area contributed by atoms with Gasteiger partial charge in [0.15, 0.2) is 0 Å². The van der Waals surface area contributed by atoms with E-state index in [1.807, 2.05) is 39.8 Å². The molecule has 2 amide bonds. The van der Waals surface area contributed by atoms with E-state index >= 15 is 0 Å². The number of pyridine rings is 1. The van der Waals surface area contributed by atoms with Gasteiger partial charge >= 0.3 is 0 Å². The van der Waals surface area contributed by atoms with Crippen LogP contribution in [0, 0.1) is 19.8 Å². The van der Waals surface area contributed by atoms with E-state index in [1.165, 1.54) is 0 Å². The van der Waals surface area contributed by atoms with Gasteiger partial charge in [-0.15, -0.1) is 0 Å². The van der Waals surface area contributed by atoms with Crippen molar-refractivity contribution in [3.05, 3.63) is 47.7 Å². The Kier molecular flexibility index (Phi) is 7.09. The van der Waals surface area contributed by atoms with Gasteiger partial charge in [0.1, 0.15) is 11.7 Å². The number of carbonyl (C=O) groups excluding carboxylic acids is 2. The number of aromatic amines is 1. The molecule has 4 rings (SSSR count). The van der Waals surface area contributed by atoms with Crippen LogP contribution in [0.25, 0.3) is 11.3 Å². The van der Waals surface area contributed by atoms with Gasteiger partial charge in [0.25, 0.3) is 5.91 Å². The molecule has 1 atom stereocenters. The van der Waals surface area contributed by atoms with Gasteiger partial charge in [-0.25, -0.2) is 0 Å². The van der Waals surface area contributed by atoms with Crippen molar-refractivity contribution in [1.29, 1.82) is 0 Å². The fourth-order valence-corrected chi connectivity index (χ4v) is 4.75. The molecule has 3 aromatic rings. The summed E-state index contributed by atoms with van der Waals surface area (Å²) >= 11 is 0. The minimum Gasteiger partial charge on any atom is -0.339 e. The Morgan fingerprint density at radius 2 is 1.88 bits per heavy atom. The molecule has 3 heterocycles. The molecule has 1 aliphatic rings. The third-order valence-electron chi connectivity index (χ3n) is 6.50. The number of hydrogen-bond donors (Lipinski definition) is 3. The molecule has 9 nitrogen and oxygen atoms in total. The first-order chi connectivity index (χ1) is 16.3. The lowest BCUT2D eigenvalue weighted by molar-refractivity contribution is -0.119. The highest BCUT2D eigenvalue weighted by Crippen LogP contribution is 2.28. The number of aromatic nitrogens is 5. The van der Waals surface area contributed by atoms with Crippen LogP contribution in [0.2, 0.25) is 0 Å². The second-order valence-corrected chi connectivity index (χ2v) is 9.33. The van der Waals surface area contributed by atoms with Crippen molar-refractivity contribution in [2.75, 3.05) is 5.32 Å². The summed E-state index contributed by atoms with van der Waals surface area (Å²) in [7, 11) is 0. The van der Waals surface area contributed by atoms with Gasteiger partial charge in [-0.05, 0) is 64.7 Å². The number of nitrogens with one attached hydrogen (secondary N) is 3. The smallest absolute Gasteiger partial charge is 0.270 e. The molecule has 3 aromatic heterocycles. The van der Waals surface area contributed by atoms with Gasteiger partial charge in [-0.3, -0.25) is 24.4 Å². The number of amides is 2. The quantitative estimate of drug-likeness (QED) is 0.486. The van der Waals surface area contributed by atoms with Gasteiger partial charge < -0.3 is 10.6 Å². The van der Waals surface area contributed by atoms with Crippen LogP contribution in [-0.2, 0) is 4.79 Å². The van der Waals surface area contributed by atoms with Crippen LogP contribution in [0.5, 0.6) is 0 Å². The van der Waals surface area contributed by atoms with Crippen LogP contribution in [0.1, 0.15) is 73.9 Å². The minimum atomic E-state index is -0.624. The summed E-state index contributed by atoms with van der Waals surface area (Å²) in [6.07, 6.45) is 8.38. The van der Waals surface area contributed by atoms with Crippen molar-refractivity contribution in [3.8, 4) is 11.3 Å². The molecule has 0 unspecified atom stereocenters. The molecule has 0 radical (unpaired) electrons. The van der Waals surface area contributed by atoms with E-state index in [0.717, 1.165) is 54.7 Å². The van der Waals surface area contributed by atoms with E-state index < -0.39 is 6.04 Å². The van der Waals surface area contributed by atoms with Gasteiger partial charge in [0, 0.05) is 23.5 Å². The van der Waals surface area contributed by atoms with Gasteiger partial charge in [-0.2, -0.15) is 10.2 Å². The standard InChI is InChI=1S/C25H33N7O2/c1-15(2)32-21(12-13-27-32)24(33)29-23(18-8-6-5-7-9-18)25(34)28-19-10-11-20(26-14-19)22-16(3)30-31-17(22)4/h10-15,18,23H,5-9H2,1-4H3,(H,28,34)(H,29,33)(H,30,31)/t23-/m0/s1. The van der Waals surface area contributed by atoms with Crippen LogP contribution in [0.3, 0.4) is 0 Å². The average molecular weight is 464 g/mol. The van der Waals surface area contributed by atoms with Crippen molar-refractivity contribution < 1.29 is 9.59 Å². The molecule has 1 fully saturated rings. The van der Waals surface area contributed by atoms with Crippen molar-refractivity contribution in [1.82, 2.24) is 30.3 Å². The Morgan fingerprint density at radius 1 is 1.12 bits per heavy atom. The zero-order valence-corrected chi connectivity index (χ0v) is 20.3. The molecule has 180 valence electrons. The average Bonchev–Trinajstić information content (AvgIpc) is 3.45. The normalized spacial score (nSPS) is 15.3. The van der Waals surface area contributed by atoms with E-state index in [1.54, 1.807) is 23.1 Å². The summed E-state index contributed by atoms with van der Waals surface area (Å²) < 4.78 is 1.67. The summed E-state index contributed by atoms with van der Waals surface area (Å²) in [5.74, 6) is -0.408. The maximum Gasteiger partial charge on any atom is 0.270 e. The molecule has 1 aliphatic carbocycles. The van der Waals surface area contributed by atoms with Crippen LogP contribution in [0.15, 0.2) is 30.6 Å². The summed E-state index contributed by atoms with van der Waals surface area (Å²) in [5, 5.41) is 17.4. The topological polar surface area (TPSA) is 118 Å². The van der Waals surface area contributed by atoms with Crippen molar-refractivity contribution in [2.45, 2.75) is 71.9 Å². The monoisotopic (exact) mass is 463 g/mol. The summed E-state index contributed by atoms with van der Waals surface area (Å²) in [6, 6.07) is 4.81. The van der Waals surface area contributed by atoms with E-state index in [4.69, 9.17) is 0 Å². The Bertz CT molecular complexity index is 1120. The summed E-state index contributed by atoms with van der Waals surface area (Å²) in [4.78, 5) is 31.0. The van der Waals surface area contributed by atoms with Crippen molar-refractivity contribution in [3.63, 3.8) is 0 Å². The lowest BCUT2D eigenvalue weighted by Gasteiger charge is -2.30. The molecule has 0 bridgehead atoms. The molecule has 34 heavy (non-hydrogen) atoms. The maximum absolute atomic E-state index is 13.4. The Balaban J connectivity index is 1.51. The van der Waals surface area contributed by atoms with Gasteiger partial charge in [0.2, 0.25) is 5.91 Å². The number of H-pyrrole nitrogens is 1. The minimum absolute atomic E-state index is 0.0461. The Labute approximate surface area is 199 Å². The third kappa shape index (κ3) is 5.03. The highest BCUT2D eigenvalue weighted by molar-refractivity contribution is 6.00. The molecule has 0 aromatic carbocycles. The fourth-order valence-electron chi connectivity index (χ4n) is 4.75. The fraction of sp³-hybridized carbons (Fsp3) is 0.480. The molecular formula is C25H33N7O2. The zero-order chi connectivity index (χ0) is 24.2. The summed E-state index contributed by atoms with van der Waals surface area (Å²) in [6.45, 7) is 7.82. The number of anilines is 1. The molecule has 0 aliphatic heterocycles. The second-order valence-electron chi connectivity index (χ2n) is 9.33. The summed E-state index contributed by atoms with van der Waals surface area (Å²) in [5.41, 5.74) is 4.63. The Hall–Kier alpha value is -3.49. The van der Waals surface area contributed by atoms with Crippen LogP contribution in [0.4, 0.5) is 5.69 Å². The molecule has 1 saturated carbocycles. The first kappa shape index (κ1) is 23.7. The second kappa shape index (κ2) is 10.2. The largest absolute Gasteiger partial charge is 0.339 e. The number of aryl methyl sites for hydroxylation is 2. The third-order valence-corrected chi connectivity index (χ3v) is 6.50. The zero-order valence-electron chi connectivity index (χ0n) is 20.3. The van der Waals surface area contributed by atoms with Crippen LogP contribution >= 0.6 is 0 Å². The molecule has 0 saturated heterocycles. The first-order valence-electron chi connectivity index (χ1n) is 12.0. The van der Waals surface area contributed by atoms with E-state index in [2.05, 4.69) is 30.9 Å². The number of hydrogen-bond acceptors (Lipinski definition) is 5. The molecule has 0 spiro atoms. The molecule has 9 heteroatoms. The van der Waals surface area contributed by atoms with Crippen molar-refractivity contribution >= 4 is 17.5 Å². The number of nitrogens with zero attached hydrogens (tertiary/aromatic N) is 4. The molecular weight excluding hydrogens is 430 g/mol. The highest BCUT2D eigenvalue weighted by atomic mass is 16.2. The predicted octanol–water partition coefficient (Wildman–Crippen LogP) is 4.18. The van der Waals surface area contributed by atoms with E-state index in [-0.39, 0.29) is 23.8 Å². The van der Waals surface area contributed by atoms with Gasteiger partial charge in [-0.1, -0.05) is 19.3 Å². The van der Waals surface area contributed by atoms with Gasteiger partial charge in [0.05, 0.1) is 23.3 Å². The first-order valence-corrected chi connectivity index (χ1v) is 12.0. The lowest BCUT2D eigenvalue weighted by Crippen LogP contribution is -2.49.